The Kier molecular flexibility index (Phi) is 3.96. The van der Waals surface area contributed by atoms with E-state index in [4.69, 9.17) is 10.6 Å². The number of hydrogen-bond donors (Lipinski definition) is 3. The molecule has 1 aromatic carbocycles. The number of rotatable bonds is 4. The number of nitrogens with zero attached hydrogens (tertiary/aromatic N) is 2. The summed E-state index contributed by atoms with van der Waals surface area (Å²) in [6, 6.07) is 5.64. The molecule has 0 saturated heterocycles. The average molecular weight is 310 g/mol. The van der Waals surface area contributed by atoms with E-state index < -0.39 is 0 Å². The monoisotopic (exact) mass is 309 g/mol. The Balaban J connectivity index is 2.29. The van der Waals surface area contributed by atoms with Crippen molar-refractivity contribution in [1.82, 2.24) is 9.97 Å². The Bertz CT molecular complexity index is 549. The molecule has 0 unspecified atom stereocenters. The molecule has 1 heterocycles. The lowest BCUT2D eigenvalue weighted by Gasteiger charge is -2.11. The molecule has 4 N–H and O–H groups in total. The van der Waals surface area contributed by atoms with Crippen LogP contribution in [-0.4, -0.2) is 17.1 Å². The van der Waals surface area contributed by atoms with Gasteiger partial charge >= 0.3 is 0 Å². The molecule has 0 aliphatic rings. The fourth-order valence-electron chi connectivity index (χ4n) is 1.41. The van der Waals surface area contributed by atoms with Gasteiger partial charge in [-0.2, -0.15) is 0 Å². The van der Waals surface area contributed by atoms with Crippen molar-refractivity contribution in [2.45, 2.75) is 0 Å². The number of anilines is 3. The van der Waals surface area contributed by atoms with E-state index in [0.29, 0.717) is 17.4 Å². The number of hydrogen-bond acceptors (Lipinski definition) is 6. The maximum Gasteiger partial charge on any atom is 0.160 e. The topological polar surface area (TPSA) is 85.1 Å². The largest absolute Gasteiger partial charge is 0.495 e. The van der Waals surface area contributed by atoms with Crippen LogP contribution in [-0.2, 0) is 0 Å². The van der Waals surface area contributed by atoms with Crippen LogP contribution in [0.3, 0.4) is 0 Å². The van der Waals surface area contributed by atoms with Crippen molar-refractivity contribution < 1.29 is 4.74 Å². The van der Waals surface area contributed by atoms with Crippen LogP contribution in [0.4, 0.5) is 17.3 Å². The molecule has 18 heavy (non-hydrogen) atoms. The lowest BCUT2D eigenvalue weighted by atomic mass is 10.3. The lowest BCUT2D eigenvalue weighted by molar-refractivity contribution is 0.416. The second kappa shape index (κ2) is 5.65. The van der Waals surface area contributed by atoms with Crippen LogP contribution in [0.2, 0.25) is 0 Å². The molecule has 6 nitrogen and oxygen atoms in total. The Morgan fingerprint density at radius 2 is 2.06 bits per heavy atom. The molecule has 0 spiro atoms. The number of nitrogen functional groups attached to an aromatic ring is 1. The summed E-state index contributed by atoms with van der Waals surface area (Å²) in [6.45, 7) is 0. The number of ether oxygens (including phenoxy) is 1. The lowest BCUT2D eigenvalue weighted by Crippen LogP contribution is -2.09. The molecule has 2 aromatic rings. The molecule has 0 aliphatic carbocycles. The summed E-state index contributed by atoms with van der Waals surface area (Å²) in [6.07, 6.45) is 3.13. The number of aromatic nitrogens is 2. The Labute approximate surface area is 113 Å². The number of benzene rings is 1. The second-order valence-corrected chi connectivity index (χ2v) is 4.32. The van der Waals surface area contributed by atoms with E-state index in [1.165, 1.54) is 6.20 Å². The SMILES string of the molecule is COc1ccc(Br)cc1Nc1cncc(NN)n1. The van der Waals surface area contributed by atoms with Crippen LogP contribution in [0.5, 0.6) is 5.75 Å². The van der Waals surface area contributed by atoms with E-state index >= 15 is 0 Å². The Hall–Kier alpha value is -1.86. The normalized spacial score (nSPS) is 9.94. The van der Waals surface area contributed by atoms with E-state index in [1.807, 2.05) is 18.2 Å². The molecule has 0 radical (unpaired) electrons. The minimum absolute atomic E-state index is 0.481. The zero-order chi connectivity index (χ0) is 13.0. The van der Waals surface area contributed by atoms with Gasteiger partial charge in [-0.3, -0.25) is 4.98 Å². The van der Waals surface area contributed by atoms with Crippen molar-refractivity contribution in [2.24, 2.45) is 5.84 Å². The van der Waals surface area contributed by atoms with Crippen LogP contribution in [0, 0.1) is 0 Å². The summed E-state index contributed by atoms with van der Waals surface area (Å²) in [7, 11) is 1.61. The highest BCUT2D eigenvalue weighted by atomic mass is 79.9. The van der Waals surface area contributed by atoms with E-state index in [1.54, 1.807) is 13.3 Å². The van der Waals surface area contributed by atoms with Gasteiger partial charge in [-0.25, -0.2) is 10.8 Å². The zero-order valence-corrected chi connectivity index (χ0v) is 11.2. The summed E-state index contributed by atoms with van der Waals surface area (Å²) in [5.74, 6) is 7.05. The van der Waals surface area contributed by atoms with Gasteiger partial charge in [-0.05, 0) is 18.2 Å². The van der Waals surface area contributed by atoms with E-state index in [2.05, 4.69) is 36.6 Å². The molecule has 7 heteroatoms. The van der Waals surface area contributed by atoms with Gasteiger partial charge in [0.15, 0.2) is 11.6 Å². The van der Waals surface area contributed by atoms with Gasteiger partial charge in [0.25, 0.3) is 0 Å². The zero-order valence-electron chi connectivity index (χ0n) is 9.64. The highest BCUT2D eigenvalue weighted by Gasteiger charge is 2.05. The van der Waals surface area contributed by atoms with Crippen molar-refractivity contribution in [3.05, 3.63) is 35.1 Å². The van der Waals surface area contributed by atoms with Gasteiger partial charge in [-0.15, -0.1) is 0 Å². The van der Waals surface area contributed by atoms with Crippen molar-refractivity contribution in [2.75, 3.05) is 17.9 Å². The van der Waals surface area contributed by atoms with Crippen molar-refractivity contribution in [3.8, 4) is 5.75 Å². The van der Waals surface area contributed by atoms with Crippen LogP contribution in [0.15, 0.2) is 35.1 Å². The molecule has 0 atom stereocenters. The van der Waals surface area contributed by atoms with E-state index in [0.717, 1.165) is 10.2 Å². The molecule has 0 fully saturated rings. The summed E-state index contributed by atoms with van der Waals surface area (Å²) >= 11 is 3.40. The predicted molar refractivity (Wildman–Crippen MR) is 73.8 cm³/mol. The first-order valence-electron chi connectivity index (χ1n) is 5.12. The molecule has 0 aliphatic heterocycles. The number of methoxy groups -OCH3 is 1. The molecule has 0 saturated carbocycles. The molecular weight excluding hydrogens is 298 g/mol. The highest BCUT2D eigenvalue weighted by molar-refractivity contribution is 9.10. The van der Waals surface area contributed by atoms with Gasteiger partial charge in [-0.1, -0.05) is 15.9 Å². The predicted octanol–water partition coefficient (Wildman–Crippen LogP) is 2.28. The Morgan fingerprint density at radius 3 is 2.78 bits per heavy atom. The molecular formula is C11H12BrN5O. The van der Waals surface area contributed by atoms with Crippen LogP contribution in [0.1, 0.15) is 0 Å². The molecule has 94 valence electrons. The quantitative estimate of drug-likeness (QED) is 0.593. The number of halogens is 1. The van der Waals surface area contributed by atoms with Crippen molar-refractivity contribution >= 4 is 33.3 Å². The number of nitrogens with two attached hydrogens (primary N) is 1. The molecule has 2 rings (SSSR count). The fourth-order valence-corrected chi connectivity index (χ4v) is 1.77. The van der Waals surface area contributed by atoms with E-state index in [9.17, 15) is 0 Å². The van der Waals surface area contributed by atoms with E-state index in [-0.39, 0.29) is 0 Å². The third-order valence-corrected chi connectivity index (χ3v) is 2.70. The molecule has 0 amide bonds. The van der Waals surface area contributed by atoms with Gasteiger partial charge < -0.3 is 15.5 Å². The summed E-state index contributed by atoms with van der Waals surface area (Å²) in [4.78, 5) is 8.22. The van der Waals surface area contributed by atoms with Crippen molar-refractivity contribution in [3.63, 3.8) is 0 Å². The summed E-state index contributed by atoms with van der Waals surface area (Å²) in [5.41, 5.74) is 3.23. The molecule has 1 aromatic heterocycles. The Morgan fingerprint density at radius 1 is 1.28 bits per heavy atom. The summed E-state index contributed by atoms with van der Waals surface area (Å²) in [5, 5.41) is 3.11. The number of hydrazine groups is 1. The van der Waals surface area contributed by atoms with Crippen LogP contribution >= 0.6 is 15.9 Å². The minimum Gasteiger partial charge on any atom is -0.495 e. The average Bonchev–Trinajstić information content (AvgIpc) is 2.39. The second-order valence-electron chi connectivity index (χ2n) is 3.40. The minimum atomic E-state index is 0.481. The van der Waals surface area contributed by atoms with Gasteiger partial charge in [0, 0.05) is 4.47 Å². The van der Waals surface area contributed by atoms with Crippen molar-refractivity contribution in [1.29, 1.82) is 0 Å². The van der Waals surface area contributed by atoms with Crippen LogP contribution in [0.25, 0.3) is 0 Å². The maximum absolute atomic E-state index is 5.28. The van der Waals surface area contributed by atoms with Gasteiger partial charge in [0.2, 0.25) is 0 Å². The smallest absolute Gasteiger partial charge is 0.160 e. The number of nitrogens with one attached hydrogen (secondary N) is 2. The third kappa shape index (κ3) is 2.88. The highest BCUT2D eigenvalue weighted by Crippen LogP contribution is 2.30. The van der Waals surface area contributed by atoms with Gasteiger partial charge in [0.1, 0.15) is 5.75 Å². The first-order chi connectivity index (χ1) is 8.72. The standard InChI is InChI=1S/C11H12BrN5O/c1-18-9-3-2-7(12)4-8(9)15-10-5-14-6-11(16-10)17-13/h2-6H,13H2,1H3,(H2,15,16,17). The first kappa shape index (κ1) is 12.6. The van der Waals surface area contributed by atoms with Crippen LogP contribution < -0.4 is 21.3 Å². The third-order valence-electron chi connectivity index (χ3n) is 2.21. The first-order valence-corrected chi connectivity index (χ1v) is 5.91. The van der Waals surface area contributed by atoms with Gasteiger partial charge in [0.05, 0.1) is 25.2 Å². The fraction of sp³-hybridized carbons (Fsp3) is 0.0909. The maximum atomic E-state index is 5.28. The summed E-state index contributed by atoms with van der Waals surface area (Å²) < 4.78 is 6.19. The molecule has 0 bridgehead atoms.